The molecule has 7 nitrogen and oxygen atoms in total. The highest BCUT2D eigenvalue weighted by Crippen LogP contribution is 2.32. The molecule has 4 heterocycles. The summed E-state index contributed by atoms with van der Waals surface area (Å²) in [6.45, 7) is 0.505. The van der Waals surface area contributed by atoms with Crippen molar-refractivity contribution in [3.63, 3.8) is 0 Å². The van der Waals surface area contributed by atoms with E-state index in [1.165, 1.54) is 6.33 Å². The van der Waals surface area contributed by atoms with Crippen LogP contribution in [0.15, 0.2) is 55.1 Å². The van der Waals surface area contributed by atoms with Crippen LogP contribution in [0.3, 0.4) is 0 Å². The predicted octanol–water partition coefficient (Wildman–Crippen LogP) is 3.32. The lowest BCUT2D eigenvalue weighted by Crippen LogP contribution is -2.18. The quantitative estimate of drug-likeness (QED) is 0.600. The summed E-state index contributed by atoms with van der Waals surface area (Å²) in [5.41, 5.74) is 7.64. The molecule has 0 radical (unpaired) electrons. The van der Waals surface area contributed by atoms with Crippen molar-refractivity contribution in [1.82, 2.24) is 19.5 Å². The average Bonchev–Trinajstić information content (AvgIpc) is 3.33. The molecule has 0 aliphatic carbocycles. The van der Waals surface area contributed by atoms with Crippen molar-refractivity contribution < 1.29 is 9.47 Å². The largest absolute Gasteiger partial charge is 0.491 e. The zero-order chi connectivity index (χ0) is 18.2. The Labute approximate surface area is 155 Å². The van der Waals surface area contributed by atoms with Crippen molar-refractivity contribution in [1.29, 1.82) is 0 Å². The number of anilines is 1. The van der Waals surface area contributed by atoms with Crippen LogP contribution in [-0.4, -0.2) is 32.2 Å². The number of pyridine rings is 1. The van der Waals surface area contributed by atoms with Gasteiger partial charge in [0.15, 0.2) is 0 Å². The molecule has 1 fully saturated rings. The van der Waals surface area contributed by atoms with Gasteiger partial charge in [-0.25, -0.2) is 9.97 Å². The maximum Gasteiger partial charge on any atom is 0.147 e. The fraction of sp³-hybridized carbons (Fsp3) is 0.250. The number of nitrogens with two attached hydrogens (primary N) is 1. The number of rotatable bonds is 4. The second-order valence-electron chi connectivity index (χ2n) is 6.68. The van der Waals surface area contributed by atoms with Crippen LogP contribution < -0.4 is 10.5 Å². The van der Waals surface area contributed by atoms with Crippen LogP contribution in [0.4, 0.5) is 5.82 Å². The number of benzene rings is 1. The molecule has 1 aliphatic rings. The van der Waals surface area contributed by atoms with Crippen LogP contribution in [-0.2, 0) is 4.74 Å². The van der Waals surface area contributed by atoms with Gasteiger partial charge in [-0.2, -0.15) is 0 Å². The van der Waals surface area contributed by atoms with E-state index >= 15 is 0 Å². The van der Waals surface area contributed by atoms with Crippen molar-refractivity contribution in [3.8, 4) is 5.75 Å². The number of hydrogen-bond donors (Lipinski definition) is 1. The van der Waals surface area contributed by atoms with E-state index in [2.05, 4.69) is 15.0 Å². The fourth-order valence-electron chi connectivity index (χ4n) is 3.56. The molecule has 0 unspecified atom stereocenters. The number of aromatic nitrogens is 4. The Bertz CT molecular complexity index is 1110. The van der Waals surface area contributed by atoms with Crippen LogP contribution in [0.2, 0.25) is 0 Å². The van der Waals surface area contributed by atoms with Crippen molar-refractivity contribution in [3.05, 3.63) is 55.1 Å². The van der Waals surface area contributed by atoms with Gasteiger partial charge in [0.25, 0.3) is 0 Å². The Hall–Kier alpha value is -3.19. The number of nitrogens with zero attached hydrogens (tertiary/aromatic N) is 4. The van der Waals surface area contributed by atoms with E-state index in [0.29, 0.717) is 12.4 Å². The molecule has 4 aromatic rings. The summed E-state index contributed by atoms with van der Waals surface area (Å²) in [5, 5.41) is 1.95. The van der Waals surface area contributed by atoms with E-state index in [0.717, 1.165) is 40.5 Å². The maximum absolute atomic E-state index is 6.18. The smallest absolute Gasteiger partial charge is 0.147 e. The normalized spacial score (nSPS) is 19.7. The molecule has 0 amide bonds. The first-order valence-corrected chi connectivity index (χ1v) is 8.98. The molecule has 1 aromatic carbocycles. The molecule has 2 N–H and O–H groups in total. The second-order valence-corrected chi connectivity index (χ2v) is 6.68. The van der Waals surface area contributed by atoms with E-state index in [1.54, 1.807) is 6.20 Å². The van der Waals surface area contributed by atoms with Gasteiger partial charge < -0.3 is 19.8 Å². The lowest BCUT2D eigenvalue weighted by atomic mass is 10.2. The number of nitrogen functional groups attached to an aromatic ring is 1. The topological polar surface area (TPSA) is 88.1 Å². The first-order valence-electron chi connectivity index (χ1n) is 8.98. The molecule has 0 bridgehead atoms. The second kappa shape index (κ2) is 6.51. The van der Waals surface area contributed by atoms with E-state index in [1.807, 2.05) is 47.2 Å². The zero-order valence-corrected chi connectivity index (χ0v) is 14.7. The molecule has 136 valence electrons. The molecule has 1 aliphatic heterocycles. The lowest BCUT2D eigenvalue weighted by Gasteiger charge is -2.16. The zero-order valence-electron chi connectivity index (χ0n) is 14.7. The van der Waals surface area contributed by atoms with Gasteiger partial charge in [-0.3, -0.25) is 4.98 Å². The van der Waals surface area contributed by atoms with E-state index in [9.17, 15) is 0 Å². The molecule has 7 heteroatoms. The van der Waals surface area contributed by atoms with Gasteiger partial charge in [0, 0.05) is 23.8 Å². The number of hydrogen-bond acceptors (Lipinski definition) is 6. The molecule has 2 atom stereocenters. The third-order valence-corrected chi connectivity index (χ3v) is 4.95. The fourth-order valence-corrected chi connectivity index (χ4v) is 3.56. The summed E-state index contributed by atoms with van der Waals surface area (Å²) in [6, 6.07) is 11.8. The Morgan fingerprint density at radius 2 is 2.11 bits per heavy atom. The summed E-state index contributed by atoms with van der Waals surface area (Å²) >= 11 is 0. The highest BCUT2D eigenvalue weighted by molar-refractivity contribution is 5.86. The molecule has 5 rings (SSSR count). The van der Waals surface area contributed by atoms with Gasteiger partial charge in [0.2, 0.25) is 0 Å². The number of fused-ring (bicyclic) bond motifs is 2. The number of ether oxygens (including phenoxy) is 2. The van der Waals surface area contributed by atoms with Gasteiger partial charge in [0.1, 0.15) is 36.4 Å². The SMILES string of the molecule is Nc1ncnc2c1ccn2[C@H]1CC[C@@H](COc2ccc3cccnc3c2)O1. The van der Waals surface area contributed by atoms with Gasteiger partial charge in [-0.15, -0.1) is 0 Å². The summed E-state index contributed by atoms with van der Waals surface area (Å²) in [5.74, 6) is 1.29. The minimum absolute atomic E-state index is 0.0334. The summed E-state index contributed by atoms with van der Waals surface area (Å²) in [4.78, 5) is 12.7. The molecule has 3 aromatic heterocycles. The van der Waals surface area contributed by atoms with E-state index < -0.39 is 0 Å². The van der Waals surface area contributed by atoms with E-state index in [-0.39, 0.29) is 12.3 Å². The van der Waals surface area contributed by atoms with Gasteiger partial charge in [-0.05, 0) is 37.1 Å². The summed E-state index contributed by atoms with van der Waals surface area (Å²) in [7, 11) is 0. The summed E-state index contributed by atoms with van der Waals surface area (Å²) < 4.78 is 14.2. The standard InChI is InChI=1S/C20H19N5O2/c21-19-16-7-9-25(20(16)24-12-23-19)18-6-5-15(27-18)11-26-14-4-3-13-2-1-8-22-17(13)10-14/h1-4,7-10,12,15,18H,5-6,11H2,(H2,21,23,24)/t15-,18+/m0/s1. The lowest BCUT2D eigenvalue weighted by molar-refractivity contribution is -0.0156. The first-order chi connectivity index (χ1) is 13.3. The Balaban J connectivity index is 1.27. The molecule has 1 saturated heterocycles. The van der Waals surface area contributed by atoms with Crippen LogP contribution in [0.25, 0.3) is 21.9 Å². The van der Waals surface area contributed by atoms with Crippen molar-refractivity contribution in [2.75, 3.05) is 12.3 Å². The molecule has 27 heavy (non-hydrogen) atoms. The minimum Gasteiger partial charge on any atom is -0.491 e. The monoisotopic (exact) mass is 361 g/mol. The van der Waals surface area contributed by atoms with Crippen LogP contribution >= 0.6 is 0 Å². The van der Waals surface area contributed by atoms with Crippen molar-refractivity contribution in [2.45, 2.75) is 25.2 Å². The van der Waals surface area contributed by atoms with Crippen molar-refractivity contribution >= 4 is 27.8 Å². The predicted molar refractivity (Wildman–Crippen MR) is 102 cm³/mol. The van der Waals surface area contributed by atoms with Gasteiger partial charge in [-0.1, -0.05) is 6.07 Å². The summed E-state index contributed by atoms with van der Waals surface area (Å²) in [6.07, 6.45) is 7.03. The third kappa shape index (κ3) is 2.96. The highest BCUT2D eigenvalue weighted by atomic mass is 16.6. The molecular formula is C20H19N5O2. The Kier molecular flexibility index (Phi) is 3.86. The Morgan fingerprint density at radius 3 is 3.07 bits per heavy atom. The third-order valence-electron chi connectivity index (χ3n) is 4.95. The Morgan fingerprint density at radius 1 is 1.15 bits per heavy atom. The molecular weight excluding hydrogens is 342 g/mol. The van der Waals surface area contributed by atoms with Gasteiger partial charge >= 0.3 is 0 Å². The molecule has 0 spiro atoms. The minimum atomic E-state index is -0.0660. The van der Waals surface area contributed by atoms with Crippen LogP contribution in [0, 0.1) is 0 Å². The van der Waals surface area contributed by atoms with E-state index in [4.69, 9.17) is 15.2 Å². The van der Waals surface area contributed by atoms with Crippen LogP contribution in [0.5, 0.6) is 5.75 Å². The highest BCUT2D eigenvalue weighted by Gasteiger charge is 2.28. The van der Waals surface area contributed by atoms with Crippen molar-refractivity contribution in [2.24, 2.45) is 0 Å². The van der Waals surface area contributed by atoms with Gasteiger partial charge in [0.05, 0.1) is 17.0 Å². The maximum atomic E-state index is 6.18. The molecule has 0 saturated carbocycles. The first kappa shape index (κ1) is 16.0. The van der Waals surface area contributed by atoms with Crippen LogP contribution in [0.1, 0.15) is 19.1 Å². The average molecular weight is 361 g/mol.